The van der Waals surface area contributed by atoms with E-state index < -0.39 is 0 Å². The van der Waals surface area contributed by atoms with Gasteiger partial charge in [0.2, 0.25) is 5.95 Å². The van der Waals surface area contributed by atoms with Crippen LogP contribution >= 0.6 is 0 Å². The van der Waals surface area contributed by atoms with Gasteiger partial charge in [0.25, 0.3) is 0 Å². The van der Waals surface area contributed by atoms with Crippen molar-refractivity contribution in [2.75, 3.05) is 9.80 Å². The van der Waals surface area contributed by atoms with Crippen LogP contribution in [0.5, 0.6) is 0 Å². The summed E-state index contributed by atoms with van der Waals surface area (Å²) in [7, 11) is 0. The van der Waals surface area contributed by atoms with Gasteiger partial charge in [-0.3, -0.25) is 0 Å². The molecule has 9 rings (SSSR count). The Labute approximate surface area is 283 Å². The smallest absolute Gasteiger partial charge is 0.234 e. The van der Waals surface area contributed by atoms with Gasteiger partial charge in [0.15, 0.2) is 11.6 Å². The van der Waals surface area contributed by atoms with Crippen molar-refractivity contribution >= 4 is 28.5 Å². The van der Waals surface area contributed by atoms with E-state index in [9.17, 15) is 0 Å². The van der Waals surface area contributed by atoms with E-state index in [1.165, 1.54) is 39.3 Å². The van der Waals surface area contributed by atoms with Gasteiger partial charge in [0.05, 0.1) is 12.1 Å². The molecule has 0 fully saturated rings. The SMILES string of the molecule is CC1=CC2C3=C(C=CC4C3c3cc(C)ccc3N4c3ccccc3)N(c3nc(C4=CCC(C)C=C4)nc(C4=CCC(C)C=C4)n3)C2C=C1. The van der Waals surface area contributed by atoms with Crippen molar-refractivity contribution in [1.82, 2.24) is 15.0 Å². The lowest BCUT2D eigenvalue weighted by Crippen LogP contribution is -2.34. The molecule has 3 heterocycles. The topological polar surface area (TPSA) is 45.2 Å². The Morgan fingerprint density at radius 1 is 0.688 bits per heavy atom. The molecule has 0 radical (unpaired) electrons. The molecule has 5 nitrogen and oxygen atoms in total. The van der Waals surface area contributed by atoms with Crippen LogP contribution in [0.4, 0.5) is 17.3 Å². The Kier molecular flexibility index (Phi) is 6.86. The van der Waals surface area contributed by atoms with E-state index in [2.05, 4.69) is 153 Å². The highest BCUT2D eigenvalue weighted by Gasteiger charge is 2.51. The summed E-state index contributed by atoms with van der Waals surface area (Å²) in [5, 5.41) is 0. The molecular weight excluding hydrogens is 587 g/mol. The highest BCUT2D eigenvalue weighted by Crippen LogP contribution is 2.57. The van der Waals surface area contributed by atoms with Gasteiger partial charge in [-0.25, -0.2) is 4.98 Å². The summed E-state index contributed by atoms with van der Waals surface area (Å²) in [6.07, 6.45) is 27.3. The number of anilines is 3. The van der Waals surface area contributed by atoms with Gasteiger partial charge < -0.3 is 9.80 Å². The van der Waals surface area contributed by atoms with Crippen LogP contribution in [0, 0.1) is 24.7 Å². The first-order chi connectivity index (χ1) is 23.4. The molecule has 3 aromatic rings. The maximum atomic E-state index is 5.28. The van der Waals surface area contributed by atoms with Crippen molar-refractivity contribution < 1.29 is 0 Å². The van der Waals surface area contributed by atoms with E-state index in [0.717, 1.165) is 41.6 Å². The number of benzene rings is 2. The fraction of sp³-hybridized carbons (Fsp3) is 0.279. The molecular formula is C43H41N5. The van der Waals surface area contributed by atoms with E-state index in [1.807, 2.05) is 0 Å². The third-order valence-electron chi connectivity index (χ3n) is 10.8. The fourth-order valence-corrected chi connectivity index (χ4v) is 8.37. The van der Waals surface area contributed by atoms with Gasteiger partial charge in [-0.05, 0) is 73.9 Å². The van der Waals surface area contributed by atoms with Gasteiger partial charge in [0.1, 0.15) is 0 Å². The van der Waals surface area contributed by atoms with Crippen molar-refractivity contribution in [3.63, 3.8) is 0 Å². The van der Waals surface area contributed by atoms with E-state index >= 15 is 0 Å². The first-order valence-corrected chi connectivity index (χ1v) is 17.5. The Bertz CT molecular complexity index is 2020. The zero-order valence-corrected chi connectivity index (χ0v) is 28.1. The molecule has 1 aromatic heterocycles. The van der Waals surface area contributed by atoms with Crippen LogP contribution in [-0.4, -0.2) is 27.0 Å². The lowest BCUT2D eigenvalue weighted by Gasteiger charge is -2.32. The molecule has 0 saturated heterocycles. The van der Waals surface area contributed by atoms with Crippen LogP contribution in [-0.2, 0) is 0 Å². The third-order valence-corrected chi connectivity index (χ3v) is 10.8. The van der Waals surface area contributed by atoms with Gasteiger partial charge in [-0.15, -0.1) is 0 Å². The van der Waals surface area contributed by atoms with Crippen molar-refractivity contribution in [1.29, 1.82) is 0 Å². The summed E-state index contributed by atoms with van der Waals surface area (Å²) in [6.45, 7) is 8.93. The minimum Gasteiger partial charge on any atom is -0.333 e. The number of allylic oxidation sites excluding steroid dienone is 11. The number of fused-ring (bicyclic) bond motifs is 6. The molecule has 4 aliphatic carbocycles. The molecule has 0 spiro atoms. The minimum atomic E-state index is 0.0797. The second-order valence-corrected chi connectivity index (χ2v) is 14.3. The van der Waals surface area contributed by atoms with Crippen LogP contribution < -0.4 is 9.80 Å². The molecule has 0 bridgehead atoms. The molecule has 6 aliphatic rings. The van der Waals surface area contributed by atoms with Gasteiger partial charge >= 0.3 is 0 Å². The number of nitrogens with zero attached hydrogens (tertiary/aromatic N) is 5. The summed E-state index contributed by atoms with van der Waals surface area (Å²) in [4.78, 5) is 20.6. The van der Waals surface area contributed by atoms with E-state index in [-0.39, 0.29) is 23.9 Å². The number of hydrogen-bond donors (Lipinski definition) is 0. The Hall–Kier alpha value is -5.03. The molecule has 6 unspecified atom stereocenters. The third kappa shape index (κ3) is 4.70. The van der Waals surface area contributed by atoms with Crippen molar-refractivity contribution in [3.8, 4) is 0 Å². The first kappa shape index (κ1) is 29.1. The van der Waals surface area contributed by atoms with Gasteiger partial charge in [0, 0.05) is 40.1 Å². The monoisotopic (exact) mass is 627 g/mol. The first-order valence-electron chi connectivity index (χ1n) is 17.5. The number of aromatic nitrogens is 3. The summed E-state index contributed by atoms with van der Waals surface area (Å²) in [6, 6.07) is 18.1. The van der Waals surface area contributed by atoms with E-state index in [4.69, 9.17) is 15.0 Å². The summed E-state index contributed by atoms with van der Waals surface area (Å²) < 4.78 is 0. The van der Waals surface area contributed by atoms with Crippen LogP contribution in [0.3, 0.4) is 0 Å². The minimum absolute atomic E-state index is 0.0797. The highest BCUT2D eigenvalue weighted by atomic mass is 15.3. The zero-order valence-electron chi connectivity index (χ0n) is 28.1. The molecule has 6 atom stereocenters. The van der Waals surface area contributed by atoms with E-state index in [0.29, 0.717) is 11.8 Å². The van der Waals surface area contributed by atoms with Crippen LogP contribution in [0.1, 0.15) is 62.3 Å². The predicted molar refractivity (Wildman–Crippen MR) is 197 cm³/mol. The number of rotatable bonds is 4. The molecule has 0 saturated carbocycles. The second-order valence-electron chi connectivity index (χ2n) is 14.3. The van der Waals surface area contributed by atoms with Crippen LogP contribution in [0.15, 0.2) is 132 Å². The normalized spacial score (nSPS) is 28.1. The molecule has 48 heavy (non-hydrogen) atoms. The number of hydrogen-bond acceptors (Lipinski definition) is 5. The molecule has 2 aromatic carbocycles. The predicted octanol–water partition coefficient (Wildman–Crippen LogP) is 9.59. The Balaban J connectivity index is 1.22. The zero-order chi connectivity index (χ0) is 32.5. The maximum Gasteiger partial charge on any atom is 0.234 e. The van der Waals surface area contributed by atoms with E-state index in [1.54, 1.807) is 0 Å². The standard InChI is InChI=1S/C43H41N5/c1-26-10-16-30(17-11-26)41-44-42(31-18-12-27(2)13-19-31)46-43(45-41)48-36-21-15-29(4)25-34(36)40-38(48)23-22-37-39(40)33-24-28(3)14-20-35(33)47(37)32-8-6-5-7-9-32/h5-10,12,14-27,34,36-37,39H,11,13H2,1-4H3. The largest absolute Gasteiger partial charge is 0.333 e. The lowest BCUT2D eigenvalue weighted by atomic mass is 9.75. The average molecular weight is 628 g/mol. The van der Waals surface area contributed by atoms with Crippen molar-refractivity contribution in [2.45, 2.75) is 58.5 Å². The van der Waals surface area contributed by atoms with Gasteiger partial charge in [-0.1, -0.05) is 116 Å². The molecule has 0 amide bonds. The fourth-order valence-electron chi connectivity index (χ4n) is 8.37. The van der Waals surface area contributed by atoms with Crippen LogP contribution in [0.2, 0.25) is 0 Å². The molecule has 0 N–H and O–H groups in total. The quantitative estimate of drug-likeness (QED) is 0.288. The van der Waals surface area contributed by atoms with Gasteiger partial charge in [-0.2, -0.15) is 9.97 Å². The van der Waals surface area contributed by atoms with Crippen LogP contribution in [0.25, 0.3) is 11.1 Å². The molecule has 238 valence electrons. The summed E-state index contributed by atoms with van der Waals surface area (Å²) >= 11 is 0. The summed E-state index contributed by atoms with van der Waals surface area (Å²) in [5.74, 6) is 3.67. The lowest BCUT2D eigenvalue weighted by molar-refractivity contribution is 0.601. The maximum absolute atomic E-state index is 5.28. The summed E-state index contributed by atoms with van der Waals surface area (Å²) in [5.41, 5.74) is 11.3. The van der Waals surface area contributed by atoms with Crippen molar-refractivity contribution in [2.24, 2.45) is 17.8 Å². The Morgan fingerprint density at radius 3 is 2.04 bits per heavy atom. The number of aryl methyl sites for hydroxylation is 1. The highest BCUT2D eigenvalue weighted by molar-refractivity contribution is 5.80. The molecule has 2 aliphatic heterocycles. The second kappa shape index (κ2) is 11.3. The average Bonchev–Trinajstić information content (AvgIpc) is 3.61. The van der Waals surface area contributed by atoms with Crippen molar-refractivity contribution in [3.05, 3.63) is 155 Å². The molecule has 5 heteroatoms. The number of para-hydroxylation sites is 1. The Morgan fingerprint density at radius 2 is 1.38 bits per heavy atom.